The molecular weight excluding hydrogens is 411 g/mol. The van der Waals surface area contributed by atoms with Crippen molar-refractivity contribution in [1.82, 2.24) is 4.90 Å². The third-order valence-electron chi connectivity index (χ3n) is 5.70. The van der Waals surface area contributed by atoms with Gasteiger partial charge >= 0.3 is 0 Å². The van der Waals surface area contributed by atoms with E-state index in [1.165, 1.54) is 12.1 Å². The number of nitrogens with two attached hydrogens (primary N) is 1. The first-order valence-corrected chi connectivity index (χ1v) is 11.0. The van der Waals surface area contributed by atoms with Gasteiger partial charge < -0.3 is 20.3 Å². The van der Waals surface area contributed by atoms with Crippen LogP contribution < -0.4 is 15.2 Å². The Balaban J connectivity index is 1.69. The predicted octanol–water partition coefficient (Wildman–Crippen LogP) is 3.39. The zero-order valence-electron chi connectivity index (χ0n) is 19.0. The Labute approximate surface area is 189 Å². The summed E-state index contributed by atoms with van der Waals surface area (Å²) in [6, 6.07) is 11.9. The minimum Gasteiger partial charge on any atom is -0.488 e. The topological polar surface area (TPSA) is 85.0 Å². The molecule has 0 bridgehead atoms. The van der Waals surface area contributed by atoms with Gasteiger partial charge in [-0.3, -0.25) is 9.69 Å². The van der Waals surface area contributed by atoms with Crippen LogP contribution in [-0.4, -0.2) is 47.8 Å². The molecule has 2 aromatic rings. The molecule has 174 valence electrons. The molecule has 0 aromatic heterocycles. The smallest absolute Gasteiger partial charge is 0.255 e. The van der Waals surface area contributed by atoms with Crippen LogP contribution in [0.25, 0.3) is 0 Å². The average molecular weight is 445 g/mol. The monoisotopic (exact) mass is 444 g/mol. The molecular formula is C25H33FN2O4. The van der Waals surface area contributed by atoms with Gasteiger partial charge in [0.15, 0.2) is 6.61 Å². The van der Waals surface area contributed by atoms with Crippen molar-refractivity contribution in [3.8, 4) is 11.5 Å². The molecule has 1 heterocycles. The summed E-state index contributed by atoms with van der Waals surface area (Å²) in [6.45, 7) is 8.23. The van der Waals surface area contributed by atoms with Crippen molar-refractivity contribution in [2.24, 2.45) is 5.73 Å². The number of rotatable bonds is 7. The summed E-state index contributed by atoms with van der Waals surface area (Å²) in [5.41, 5.74) is 7.31. The minimum absolute atomic E-state index is 0.0546. The standard InChI is InChI=1S/C25H33FN2O4/c1-25(2,3)18-5-4-17(23(14-18)31-16-24(27)30)15-28-12-10-21(29)22(11-13-28)32-20-8-6-19(26)7-9-20/h4-9,14,21-22,29H,10-13,15-16H2,1-3H3,(H2,27,30)/t21-,22-/m0/s1. The van der Waals surface area contributed by atoms with Crippen molar-refractivity contribution in [1.29, 1.82) is 0 Å². The van der Waals surface area contributed by atoms with Gasteiger partial charge in [-0.1, -0.05) is 32.9 Å². The summed E-state index contributed by atoms with van der Waals surface area (Å²) in [6.07, 6.45) is 0.220. The maximum atomic E-state index is 13.1. The molecule has 1 saturated heterocycles. The second kappa shape index (κ2) is 10.3. The number of halogens is 1. The molecule has 3 N–H and O–H groups in total. The van der Waals surface area contributed by atoms with Crippen LogP contribution in [0.2, 0.25) is 0 Å². The third-order valence-corrected chi connectivity index (χ3v) is 5.70. The van der Waals surface area contributed by atoms with Crippen LogP contribution in [-0.2, 0) is 16.8 Å². The highest BCUT2D eigenvalue weighted by Crippen LogP contribution is 2.30. The Morgan fingerprint density at radius 2 is 1.84 bits per heavy atom. The molecule has 1 aliphatic rings. The number of likely N-dealkylation sites (tertiary alicyclic amines) is 1. The average Bonchev–Trinajstić information content (AvgIpc) is 2.90. The lowest BCUT2D eigenvalue weighted by molar-refractivity contribution is -0.119. The predicted molar refractivity (Wildman–Crippen MR) is 121 cm³/mol. The zero-order chi connectivity index (χ0) is 23.3. The number of hydrogen-bond acceptors (Lipinski definition) is 5. The third kappa shape index (κ3) is 6.68. The number of hydrogen-bond donors (Lipinski definition) is 2. The molecule has 0 spiro atoms. The molecule has 1 aliphatic heterocycles. The first-order chi connectivity index (χ1) is 15.1. The molecule has 0 unspecified atom stereocenters. The number of aliphatic hydroxyl groups is 1. The van der Waals surface area contributed by atoms with Crippen molar-refractivity contribution in [3.05, 3.63) is 59.4 Å². The first kappa shape index (κ1) is 24.0. The van der Waals surface area contributed by atoms with E-state index in [4.69, 9.17) is 15.2 Å². The van der Waals surface area contributed by atoms with Crippen molar-refractivity contribution in [3.63, 3.8) is 0 Å². The lowest BCUT2D eigenvalue weighted by atomic mass is 9.86. The summed E-state index contributed by atoms with van der Waals surface area (Å²) in [7, 11) is 0. The molecule has 1 amide bonds. The van der Waals surface area contributed by atoms with Gasteiger partial charge in [0.25, 0.3) is 5.91 Å². The summed E-state index contributed by atoms with van der Waals surface area (Å²) in [5, 5.41) is 10.6. The van der Waals surface area contributed by atoms with E-state index in [0.29, 0.717) is 37.4 Å². The fourth-order valence-electron chi connectivity index (χ4n) is 3.77. The van der Waals surface area contributed by atoms with E-state index >= 15 is 0 Å². The van der Waals surface area contributed by atoms with Crippen LogP contribution in [0, 0.1) is 5.82 Å². The van der Waals surface area contributed by atoms with Crippen LogP contribution in [0.15, 0.2) is 42.5 Å². The van der Waals surface area contributed by atoms with Gasteiger partial charge in [0.2, 0.25) is 0 Å². The lowest BCUT2D eigenvalue weighted by Crippen LogP contribution is -2.31. The number of carbonyl (C=O) groups excluding carboxylic acids is 1. The van der Waals surface area contributed by atoms with Gasteiger partial charge in [-0.15, -0.1) is 0 Å². The molecule has 1 fully saturated rings. The van der Waals surface area contributed by atoms with Crippen molar-refractivity contribution in [2.75, 3.05) is 19.7 Å². The molecule has 2 aromatic carbocycles. The van der Waals surface area contributed by atoms with E-state index in [2.05, 4.69) is 31.7 Å². The zero-order valence-corrected chi connectivity index (χ0v) is 19.0. The van der Waals surface area contributed by atoms with Gasteiger partial charge in [0.1, 0.15) is 23.4 Å². The molecule has 2 atom stereocenters. The van der Waals surface area contributed by atoms with Gasteiger partial charge in [-0.2, -0.15) is 0 Å². The lowest BCUT2D eigenvalue weighted by Gasteiger charge is -2.24. The highest BCUT2D eigenvalue weighted by Gasteiger charge is 2.27. The van der Waals surface area contributed by atoms with Gasteiger partial charge in [-0.25, -0.2) is 4.39 Å². The van der Waals surface area contributed by atoms with E-state index in [-0.39, 0.29) is 23.9 Å². The van der Waals surface area contributed by atoms with Crippen LogP contribution in [0.1, 0.15) is 44.7 Å². The summed E-state index contributed by atoms with van der Waals surface area (Å²) in [5.74, 6) is 0.358. The highest BCUT2D eigenvalue weighted by atomic mass is 19.1. The molecule has 3 rings (SSSR count). The number of carbonyl (C=O) groups is 1. The maximum absolute atomic E-state index is 13.1. The normalized spacial score (nSPS) is 19.9. The van der Waals surface area contributed by atoms with Crippen molar-refractivity contribution >= 4 is 5.91 Å². The Kier molecular flexibility index (Phi) is 7.74. The first-order valence-electron chi connectivity index (χ1n) is 11.0. The SMILES string of the molecule is CC(C)(C)c1ccc(CN2CC[C@H](Oc3ccc(F)cc3)[C@@H](O)CC2)c(OCC(N)=O)c1. The second-order valence-corrected chi connectivity index (χ2v) is 9.36. The van der Waals surface area contributed by atoms with E-state index in [1.807, 2.05) is 12.1 Å². The minimum atomic E-state index is -0.612. The summed E-state index contributed by atoms with van der Waals surface area (Å²) >= 11 is 0. The molecule has 7 heteroatoms. The Bertz CT molecular complexity index is 911. The quantitative estimate of drug-likeness (QED) is 0.684. The van der Waals surface area contributed by atoms with Crippen LogP contribution in [0.5, 0.6) is 11.5 Å². The second-order valence-electron chi connectivity index (χ2n) is 9.36. The van der Waals surface area contributed by atoms with E-state index in [0.717, 1.165) is 17.7 Å². The highest BCUT2D eigenvalue weighted by molar-refractivity contribution is 5.75. The van der Waals surface area contributed by atoms with E-state index < -0.39 is 12.0 Å². The Hall–Kier alpha value is -2.64. The van der Waals surface area contributed by atoms with Crippen LogP contribution in [0.4, 0.5) is 4.39 Å². The van der Waals surface area contributed by atoms with Crippen molar-refractivity contribution in [2.45, 2.75) is 57.8 Å². The number of nitrogens with zero attached hydrogens (tertiary/aromatic N) is 1. The fraction of sp³-hybridized carbons (Fsp3) is 0.480. The van der Waals surface area contributed by atoms with Crippen molar-refractivity contribution < 1.29 is 23.8 Å². The summed E-state index contributed by atoms with van der Waals surface area (Å²) < 4.78 is 24.8. The van der Waals surface area contributed by atoms with Gasteiger partial charge in [0.05, 0.1) is 6.10 Å². The number of ether oxygens (including phenoxy) is 2. The molecule has 32 heavy (non-hydrogen) atoms. The number of amides is 1. The van der Waals surface area contributed by atoms with Gasteiger partial charge in [-0.05, 0) is 54.2 Å². The number of benzene rings is 2. The van der Waals surface area contributed by atoms with Crippen LogP contribution in [0.3, 0.4) is 0 Å². The van der Waals surface area contributed by atoms with Crippen LogP contribution >= 0.6 is 0 Å². The molecule has 0 saturated carbocycles. The number of primary amides is 1. The Morgan fingerprint density at radius 3 is 2.50 bits per heavy atom. The summed E-state index contributed by atoms with van der Waals surface area (Å²) in [4.78, 5) is 13.5. The molecule has 6 nitrogen and oxygen atoms in total. The maximum Gasteiger partial charge on any atom is 0.255 e. The Morgan fingerprint density at radius 1 is 1.16 bits per heavy atom. The largest absolute Gasteiger partial charge is 0.488 e. The van der Waals surface area contributed by atoms with E-state index in [1.54, 1.807) is 12.1 Å². The number of aliphatic hydroxyl groups excluding tert-OH is 1. The molecule has 0 aliphatic carbocycles. The molecule has 0 radical (unpaired) electrons. The van der Waals surface area contributed by atoms with Gasteiger partial charge in [0, 0.05) is 25.2 Å². The van der Waals surface area contributed by atoms with E-state index in [9.17, 15) is 14.3 Å². The fourth-order valence-corrected chi connectivity index (χ4v) is 3.77.